The molecule has 2 atom stereocenters. The molecule has 1 aromatic rings. The van der Waals surface area contributed by atoms with E-state index < -0.39 is 23.3 Å². The lowest BCUT2D eigenvalue weighted by molar-refractivity contribution is -0.0367. The maximum atomic E-state index is 13.9. The van der Waals surface area contributed by atoms with E-state index in [9.17, 15) is 13.9 Å². The van der Waals surface area contributed by atoms with Gasteiger partial charge in [-0.05, 0) is 45.3 Å². The minimum atomic E-state index is -0.953. The highest BCUT2D eigenvalue weighted by atomic mass is 19.1. The number of aliphatic hydroxyl groups excluding tert-OH is 1. The molecule has 4 heteroatoms. The molecule has 0 radical (unpaired) electrons. The van der Waals surface area contributed by atoms with Crippen LogP contribution in [0.4, 0.5) is 8.78 Å². The Hall–Kier alpha value is -1.00. The third kappa shape index (κ3) is 2.86. The summed E-state index contributed by atoms with van der Waals surface area (Å²) in [6.45, 7) is 5.81. The highest BCUT2D eigenvalue weighted by molar-refractivity contribution is 5.24. The molecule has 2 unspecified atom stereocenters. The van der Waals surface area contributed by atoms with Crippen LogP contribution in [0.25, 0.3) is 0 Å². The molecule has 1 fully saturated rings. The minimum Gasteiger partial charge on any atom is -0.386 e. The zero-order chi connectivity index (χ0) is 14.8. The van der Waals surface area contributed by atoms with Crippen molar-refractivity contribution in [3.63, 3.8) is 0 Å². The Morgan fingerprint density at radius 2 is 1.90 bits per heavy atom. The minimum absolute atomic E-state index is 0.182. The summed E-state index contributed by atoms with van der Waals surface area (Å²) in [6, 6.07) is 3.39. The summed E-state index contributed by atoms with van der Waals surface area (Å²) in [5, 5.41) is 10.7. The van der Waals surface area contributed by atoms with Crippen LogP contribution >= 0.6 is 0 Å². The maximum Gasteiger partial charge on any atom is 0.131 e. The predicted octanol–water partition coefficient (Wildman–Crippen LogP) is 3.65. The molecule has 0 aromatic heterocycles. The van der Waals surface area contributed by atoms with E-state index in [2.05, 4.69) is 4.90 Å². The van der Waals surface area contributed by atoms with E-state index in [1.54, 1.807) is 0 Å². The largest absolute Gasteiger partial charge is 0.386 e. The number of nitrogens with zero attached hydrogens (tertiary/aromatic N) is 1. The zero-order valence-electron chi connectivity index (χ0n) is 12.2. The highest BCUT2D eigenvalue weighted by Crippen LogP contribution is 2.37. The molecule has 1 heterocycles. The van der Waals surface area contributed by atoms with Crippen molar-refractivity contribution in [3.8, 4) is 0 Å². The van der Waals surface area contributed by atoms with Crippen LogP contribution in [0.15, 0.2) is 18.2 Å². The second-order valence-corrected chi connectivity index (χ2v) is 5.83. The Balaban J connectivity index is 2.29. The van der Waals surface area contributed by atoms with E-state index in [1.807, 2.05) is 13.8 Å². The van der Waals surface area contributed by atoms with E-state index in [0.717, 1.165) is 32.0 Å². The van der Waals surface area contributed by atoms with Gasteiger partial charge in [-0.25, -0.2) is 8.78 Å². The first-order chi connectivity index (χ1) is 9.49. The number of likely N-dealkylation sites (tertiary alicyclic amines) is 1. The molecule has 1 saturated heterocycles. The van der Waals surface area contributed by atoms with Crippen molar-refractivity contribution >= 4 is 0 Å². The van der Waals surface area contributed by atoms with E-state index in [1.165, 1.54) is 18.6 Å². The summed E-state index contributed by atoms with van der Waals surface area (Å²) < 4.78 is 26.9. The fraction of sp³-hybridized carbons (Fsp3) is 0.625. The van der Waals surface area contributed by atoms with Crippen molar-refractivity contribution in [2.75, 3.05) is 13.1 Å². The van der Waals surface area contributed by atoms with Gasteiger partial charge in [0.1, 0.15) is 11.6 Å². The molecule has 0 spiro atoms. The molecule has 1 aliphatic heterocycles. The zero-order valence-corrected chi connectivity index (χ0v) is 12.2. The quantitative estimate of drug-likeness (QED) is 0.911. The van der Waals surface area contributed by atoms with Crippen molar-refractivity contribution < 1.29 is 13.9 Å². The smallest absolute Gasteiger partial charge is 0.131 e. The number of benzene rings is 1. The van der Waals surface area contributed by atoms with Gasteiger partial charge >= 0.3 is 0 Å². The van der Waals surface area contributed by atoms with Crippen LogP contribution < -0.4 is 0 Å². The molecule has 0 amide bonds. The van der Waals surface area contributed by atoms with Gasteiger partial charge in [-0.3, -0.25) is 4.90 Å². The fourth-order valence-corrected chi connectivity index (χ4v) is 3.05. The number of halogens is 2. The molecule has 1 N–H and O–H groups in total. The van der Waals surface area contributed by atoms with Gasteiger partial charge in [0, 0.05) is 17.2 Å². The first-order valence-electron chi connectivity index (χ1n) is 7.37. The Morgan fingerprint density at radius 3 is 2.45 bits per heavy atom. The summed E-state index contributed by atoms with van der Waals surface area (Å²) in [5.41, 5.74) is -0.333. The summed E-state index contributed by atoms with van der Waals surface area (Å²) in [6.07, 6.45) is 3.18. The van der Waals surface area contributed by atoms with Crippen molar-refractivity contribution in [2.45, 2.75) is 51.2 Å². The summed E-state index contributed by atoms with van der Waals surface area (Å²) in [4.78, 5) is 2.24. The average molecular weight is 283 g/mol. The van der Waals surface area contributed by atoms with Crippen LogP contribution in [-0.4, -0.2) is 28.6 Å². The number of piperidine rings is 1. The van der Waals surface area contributed by atoms with E-state index >= 15 is 0 Å². The number of rotatable bonds is 4. The predicted molar refractivity (Wildman–Crippen MR) is 75.4 cm³/mol. The van der Waals surface area contributed by atoms with Gasteiger partial charge in [0.15, 0.2) is 0 Å². The van der Waals surface area contributed by atoms with E-state index in [0.29, 0.717) is 6.42 Å². The summed E-state index contributed by atoms with van der Waals surface area (Å²) in [7, 11) is 0. The topological polar surface area (TPSA) is 23.5 Å². The normalized spacial score (nSPS) is 21.4. The molecule has 2 nitrogen and oxygen atoms in total. The van der Waals surface area contributed by atoms with E-state index in [4.69, 9.17) is 0 Å². The maximum absolute atomic E-state index is 13.9. The van der Waals surface area contributed by atoms with Crippen LogP contribution in [0, 0.1) is 11.6 Å². The van der Waals surface area contributed by atoms with E-state index in [-0.39, 0.29) is 5.56 Å². The van der Waals surface area contributed by atoms with Crippen LogP contribution in [0.5, 0.6) is 0 Å². The number of aliphatic hydroxyl groups is 1. The van der Waals surface area contributed by atoms with Gasteiger partial charge in [-0.15, -0.1) is 0 Å². The summed E-state index contributed by atoms with van der Waals surface area (Å²) in [5.74, 6) is -1.29. The Bertz CT molecular complexity index is 460. The third-order valence-electron chi connectivity index (χ3n) is 4.64. The lowest BCUT2D eigenvalue weighted by Crippen LogP contribution is -2.52. The summed E-state index contributed by atoms with van der Waals surface area (Å²) >= 11 is 0. The Morgan fingerprint density at radius 1 is 1.25 bits per heavy atom. The van der Waals surface area contributed by atoms with Crippen LogP contribution in [-0.2, 0) is 0 Å². The first kappa shape index (κ1) is 15.4. The second kappa shape index (κ2) is 6.19. The monoisotopic (exact) mass is 283 g/mol. The van der Waals surface area contributed by atoms with Crippen molar-refractivity contribution in [1.82, 2.24) is 4.90 Å². The second-order valence-electron chi connectivity index (χ2n) is 5.83. The fourth-order valence-electron chi connectivity index (χ4n) is 3.05. The average Bonchev–Trinajstić information content (AvgIpc) is 2.46. The van der Waals surface area contributed by atoms with Crippen LogP contribution in [0.1, 0.15) is 51.2 Å². The lowest BCUT2D eigenvalue weighted by atomic mass is 9.83. The lowest BCUT2D eigenvalue weighted by Gasteiger charge is -2.46. The van der Waals surface area contributed by atoms with Crippen LogP contribution in [0.3, 0.4) is 0 Å². The highest BCUT2D eigenvalue weighted by Gasteiger charge is 2.39. The first-order valence-corrected chi connectivity index (χ1v) is 7.37. The number of hydrogen-bond acceptors (Lipinski definition) is 2. The van der Waals surface area contributed by atoms with Gasteiger partial charge < -0.3 is 5.11 Å². The van der Waals surface area contributed by atoms with Crippen LogP contribution in [0.2, 0.25) is 0 Å². The van der Waals surface area contributed by atoms with Gasteiger partial charge in [0.2, 0.25) is 0 Å². The molecular formula is C16H23F2NO. The standard InChI is InChI=1S/C16H23F2NO/c1-3-16(2,19-9-5-4-6-10-19)15(20)13-8-7-12(17)11-14(13)18/h7-8,11,15,20H,3-6,9-10H2,1-2H3. The Labute approximate surface area is 119 Å². The SMILES string of the molecule is CCC(C)(C(O)c1ccc(F)cc1F)N1CCCCC1. The molecule has 0 aliphatic carbocycles. The molecule has 1 aromatic carbocycles. The third-order valence-corrected chi connectivity index (χ3v) is 4.64. The Kier molecular flexibility index (Phi) is 4.76. The van der Waals surface area contributed by atoms with Crippen molar-refractivity contribution in [3.05, 3.63) is 35.4 Å². The molecule has 1 aliphatic rings. The van der Waals surface area contributed by atoms with Crippen molar-refractivity contribution in [1.29, 1.82) is 0 Å². The molecule has 0 saturated carbocycles. The van der Waals surface area contributed by atoms with Gasteiger partial charge in [-0.2, -0.15) is 0 Å². The molecular weight excluding hydrogens is 260 g/mol. The van der Waals surface area contributed by atoms with Gasteiger partial charge in [-0.1, -0.05) is 19.4 Å². The van der Waals surface area contributed by atoms with Crippen molar-refractivity contribution in [2.24, 2.45) is 0 Å². The number of hydrogen-bond donors (Lipinski definition) is 1. The molecule has 20 heavy (non-hydrogen) atoms. The molecule has 2 rings (SSSR count). The molecule has 112 valence electrons. The van der Waals surface area contributed by atoms with Gasteiger partial charge in [0.05, 0.1) is 6.10 Å². The van der Waals surface area contributed by atoms with Gasteiger partial charge in [0.25, 0.3) is 0 Å². The molecule has 0 bridgehead atoms.